The van der Waals surface area contributed by atoms with Crippen molar-refractivity contribution in [2.45, 2.75) is 10.8 Å². The lowest BCUT2D eigenvalue weighted by Gasteiger charge is -2.37. The fourth-order valence-corrected chi connectivity index (χ4v) is 2.76. The number of aliphatic hydroxyl groups excluding tert-OH is 1. The van der Waals surface area contributed by atoms with Crippen LogP contribution in [0.25, 0.3) is 0 Å². The van der Waals surface area contributed by atoms with Crippen LogP contribution >= 0.6 is 11.6 Å². The number of alkyl halides is 1. The van der Waals surface area contributed by atoms with Gasteiger partial charge in [0.25, 0.3) is 0 Å². The van der Waals surface area contributed by atoms with E-state index in [0.29, 0.717) is 5.56 Å². The molecule has 0 spiro atoms. The molecule has 20 heavy (non-hydrogen) atoms. The minimum Gasteiger partial charge on any atom is -0.511 e. The summed E-state index contributed by atoms with van der Waals surface area (Å²) in [5.41, 5.74) is 10.5. The van der Waals surface area contributed by atoms with E-state index in [4.69, 9.17) is 23.1 Å². The quantitative estimate of drug-likeness (QED) is 0.744. The molecule has 2 atom stereocenters. The van der Waals surface area contributed by atoms with Crippen LogP contribution in [0.1, 0.15) is 15.9 Å². The number of halogens is 2. The summed E-state index contributed by atoms with van der Waals surface area (Å²) in [6.07, 6.45) is 2.14. The van der Waals surface area contributed by atoms with Gasteiger partial charge in [0, 0.05) is 18.2 Å². The SMILES string of the molecule is NCC1(c2ccccc2C(N)=O)C=C(F)C=C(O)C1Cl. The third kappa shape index (κ3) is 2.19. The molecule has 2 unspecified atom stereocenters. The van der Waals surface area contributed by atoms with Crippen molar-refractivity contribution in [3.63, 3.8) is 0 Å². The van der Waals surface area contributed by atoms with Crippen molar-refractivity contribution in [3.8, 4) is 0 Å². The van der Waals surface area contributed by atoms with Crippen molar-refractivity contribution in [1.29, 1.82) is 0 Å². The number of primary amides is 1. The van der Waals surface area contributed by atoms with Crippen molar-refractivity contribution in [2.24, 2.45) is 11.5 Å². The summed E-state index contributed by atoms with van der Waals surface area (Å²) < 4.78 is 13.7. The Morgan fingerprint density at radius 1 is 1.45 bits per heavy atom. The van der Waals surface area contributed by atoms with Crippen LogP contribution in [0.15, 0.2) is 48.0 Å². The second-order valence-electron chi connectivity index (χ2n) is 4.62. The molecule has 1 aliphatic rings. The average Bonchev–Trinajstić information content (AvgIpc) is 2.43. The topological polar surface area (TPSA) is 89.3 Å². The molecule has 0 saturated carbocycles. The zero-order valence-electron chi connectivity index (χ0n) is 10.5. The highest BCUT2D eigenvalue weighted by Gasteiger charge is 2.43. The molecular weight excluding hydrogens is 283 g/mol. The first kappa shape index (κ1) is 14.6. The van der Waals surface area contributed by atoms with Crippen LogP contribution in [-0.2, 0) is 5.41 Å². The van der Waals surface area contributed by atoms with E-state index >= 15 is 0 Å². The number of carbonyl (C=O) groups excluding carboxylic acids is 1. The van der Waals surface area contributed by atoms with Crippen LogP contribution in [0.3, 0.4) is 0 Å². The zero-order valence-corrected chi connectivity index (χ0v) is 11.3. The molecular formula is C14H14ClFN2O2. The molecule has 1 aliphatic carbocycles. The molecule has 4 nitrogen and oxygen atoms in total. The first-order valence-corrected chi connectivity index (χ1v) is 6.38. The van der Waals surface area contributed by atoms with Crippen LogP contribution in [0.2, 0.25) is 0 Å². The molecule has 0 saturated heterocycles. The monoisotopic (exact) mass is 296 g/mol. The maximum absolute atomic E-state index is 13.7. The van der Waals surface area contributed by atoms with Gasteiger partial charge in [0.05, 0.1) is 5.41 Å². The van der Waals surface area contributed by atoms with E-state index in [9.17, 15) is 14.3 Å². The smallest absolute Gasteiger partial charge is 0.249 e. The van der Waals surface area contributed by atoms with Crippen LogP contribution in [0.5, 0.6) is 0 Å². The Balaban J connectivity index is 2.70. The van der Waals surface area contributed by atoms with Gasteiger partial charge in [0.1, 0.15) is 17.0 Å². The molecule has 0 radical (unpaired) electrons. The molecule has 0 heterocycles. The normalized spacial score (nSPS) is 25.9. The highest BCUT2D eigenvalue weighted by Crippen LogP contribution is 2.41. The van der Waals surface area contributed by atoms with E-state index in [0.717, 1.165) is 6.08 Å². The van der Waals surface area contributed by atoms with E-state index in [1.165, 1.54) is 12.1 Å². The van der Waals surface area contributed by atoms with Gasteiger partial charge in [-0.25, -0.2) is 4.39 Å². The summed E-state index contributed by atoms with van der Waals surface area (Å²) in [7, 11) is 0. The molecule has 0 aromatic heterocycles. The molecule has 6 heteroatoms. The third-order valence-electron chi connectivity index (χ3n) is 3.42. The fourth-order valence-electron chi connectivity index (χ4n) is 2.43. The van der Waals surface area contributed by atoms with Gasteiger partial charge in [-0.1, -0.05) is 18.2 Å². The van der Waals surface area contributed by atoms with Crippen molar-refractivity contribution in [2.75, 3.05) is 6.54 Å². The van der Waals surface area contributed by atoms with Crippen molar-refractivity contribution in [3.05, 3.63) is 59.1 Å². The van der Waals surface area contributed by atoms with Gasteiger partial charge in [-0.05, 0) is 17.7 Å². The van der Waals surface area contributed by atoms with Crippen LogP contribution in [-0.4, -0.2) is 22.9 Å². The Kier molecular flexibility index (Phi) is 3.83. The van der Waals surface area contributed by atoms with Gasteiger partial charge in [-0.2, -0.15) is 0 Å². The van der Waals surface area contributed by atoms with Crippen molar-refractivity contribution in [1.82, 2.24) is 0 Å². The Labute approximate surface area is 120 Å². The summed E-state index contributed by atoms with van der Waals surface area (Å²) in [4.78, 5) is 11.5. The molecule has 2 rings (SSSR count). The van der Waals surface area contributed by atoms with Gasteiger partial charge in [-0.3, -0.25) is 4.79 Å². The van der Waals surface area contributed by atoms with Gasteiger partial charge in [-0.15, -0.1) is 11.6 Å². The molecule has 0 bridgehead atoms. The lowest BCUT2D eigenvalue weighted by atomic mass is 9.72. The van der Waals surface area contributed by atoms with Crippen LogP contribution in [0.4, 0.5) is 4.39 Å². The van der Waals surface area contributed by atoms with E-state index in [1.54, 1.807) is 18.2 Å². The second-order valence-corrected chi connectivity index (χ2v) is 5.05. The van der Waals surface area contributed by atoms with E-state index < -0.39 is 22.5 Å². The number of benzene rings is 1. The zero-order chi connectivity index (χ0) is 14.9. The van der Waals surface area contributed by atoms with Gasteiger partial charge >= 0.3 is 0 Å². The molecule has 1 amide bonds. The molecule has 5 N–H and O–H groups in total. The predicted molar refractivity (Wildman–Crippen MR) is 75.2 cm³/mol. The first-order chi connectivity index (χ1) is 9.42. The Morgan fingerprint density at radius 2 is 2.10 bits per heavy atom. The number of hydrogen-bond donors (Lipinski definition) is 3. The number of rotatable bonds is 3. The Hall–Kier alpha value is -1.85. The summed E-state index contributed by atoms with van der Waals surface area (Å²) >= 11 is 6.20. The number of amides is 1. The number of aliphatic hydroxyl groups is 1. The van der Waals surface area contributed by atoms with Gasteiger partial charge < -0.3 is 16.6 Å². The van der Waals surface area contributed by atoms with E-state index in [2.05, 4.69) is 0 Å². The molecule has 1 aromatic carbocycles. The summed E-state index contributed by atoms with van der Waals surface area (Å²) in [5, 5.41) is 8.80. The lowest BCUT2D eigenvalue weighted by Crippen LogP contribution is -2.45. The van der Waals surface area contributed by atoms with E-state index in [-0.39, 0.29) is 17.9 Å². The summed E-state index contributed by atoms with van der Waals surface area (Å²) in [6.45, 7) is -0.0865. The molecule has 0 aliphatic heterocycles. The predicted octanol–water partition coefficient (Wildman–Crippen LogP) is 1.90. The standard InChI is InChI=1S/C14H14ClFN2O2/c15-12-11(19)5-8(16)6-14(12,7-17)10-4-2-1-3-9(10)13(18)20/h1-6,12,19H,7,17H2,(H2,18,20). The third-order valence-corrected chi connectivity index (χ3v) is 4.04. The Bertz CT molecular complexity index is 615. The number of carbonyl (C=O) groups is 1. The maximum Gasteiger partial charge on any atom is 0.249 e. The van der Waals surface area contributed by atoms with E-state index in [1.807, 2.05) is 0 Å². The van der Waals surface area contributed by atoms with Gasteiger partial charge in [0.15, 0.2) is 0 Å². The minimum atomic E-state index is -1.23. The molecule has 0 fully saturated rings. The Morgan fingerprint density at radius 3 is 2.70 bits per heavy atom. The van der Waals surface area contributed by atoms with Crippen LogP contribution in [0, 0.1) is 0 Å². The average molecular weight is 297 g/mol. The minimum absolute atomic E-state index is 0.0865. The second kappa shape index (κ2) is 5.26. The number of allylic oxidation sites excluding steroid dienone is 3. The lowest BCUT2D eigenvalue weighted by molar-refractivity contribution is 0.0998. The van der Waals surface area contributed by atoms with Gasteiger partial charge in [0.2, 0.25) is 5.91 Å². The van der Waals surface area contributed by atoms with Crippen LogP contribution < -0.4 is 11.5 Å². The largest absolute Gasteiger partial charge is 0.511 e. The summed E-state index contributed by atoms with van der Waals surface area (Å²) in [6, 6.07) is 6.42. The van der Waals surface area contributed by atoms with Crippen molar-refractivity contribution >= 4 is 17.5 Å². The maximum atomic E-state index is 13.7. The number of nitrogens with two attached hydrogens (primary N) is 2. The molecule has 1 aromatic rings. The highest BCUT2D eigenvalue weighted by molar-refractivity contribution is 6.23. The number of hydrogen-bond acceptors (Lipinski definition) is 3. The first-order valence-electron chi connectivity index (χ1n) is 5.94. The molecule has 106 valence electrons. The summed E-state index contributed by atoms with van der Waals surface area (Å²) in [5.74, 6) is -1.67. The highest BCUT2D eigenvalue weighted by atomic mass is 35.5. The van der Waals surface area contributed by atoms with Crippen molar-refractivity contribution < 1.29 is 14.3 Å². The fraction of sp³-hybridized carbons (Fsp3) is 0.214.